The molecule has 0 saturated carbocycles. The number of likely N-dealkylation sites (tertiary alicyclic amines) is 1. The predicted molar refractivity (Wildman–Crippen MR) is 96.9 cm³/mol. The van der Waals surface area contributed by atoms with Crippen LogP contribution in [-0.2, 0) is 11.3 Å². The molecule has 1 aromatic heterocycles. The standard InChI is InChI=1S/C19H23NO4S/c21-18(22)13-24-16-5-3-14(4-6-16)12-20-9-7-15(8-10-20)19(23)17-2-1-11-25-17/h1-6,11,15,19,23H,7-10,12-13H2,(H,21,22). The summed E-state index contributed by atoms with van der Waals surface area (Å²) in [5.41, 5.74) is 1.18. The molecule has 25 heavy (non-hydrogen) atoms. The number of piperidine rings is 1. The van der Waals surface area contributed by atoms with Gasteiger partial charge in [0.15, 0.2) is 6.61 Å². The van der Waals surface area contributed by atoms with E-state index in [9.17, 15) is 9.90 Å². The highest BCUT2D eigenvalue weighted by Gasteiger charge is 2.26. The zero-order valence-corrected chi connectivity index (χ0v) is 14.8. The van der Waals surface area contributed by atoms with Crippen LogP contribution in [0.4, 0.5) is 0 Å². The van der Waals surface area contributed by atoms with Crippen molar-refractivity contribution >= 4 is 17.3 Å². The fraction of sp³-hybridized carbons (Fsp3) is 0.421. The molecule has 0 amide bonds. The summed E-state index contributed by atoms with van der Waals surface area (Å²) in [5, 5.41) is 21.1. The first-order valence-electron chi connectivity index (χ1n) is 8.49. The van der Waals surface area contributed by atoms with Crippen molar-refractivity contribution < 1.29 is 19.7 Å². The molecule has 1 aliphatic rings. The smallest absolute Gasteiger partial charge is 0.341 e. The Hall–Kier alpha value is -1.89. The Balaban J connectivity index is 1.46. The van der Waals surface area contributed by atoms with Gasteiger partial charge in [0.05, 0.1) is 6.10 Å². The first-order valence-corrected chi connectivity index (χ1v) is 9.37. The fourth-order valence-corrected chi connectivity index (χ4v) is 4.02. The Morgan fingerprint density at radius 3 is 2.56 bits per heavy atom. The Morgan fingerprint density at radius 2 is 1.96 bits per heavy atom. The molecule has 1 saturated heterocycles. The highest BCUT2D eigenvalue weighted by atomic mass is 32.1. The summed E-state index contributed by atoms with van der Waals surface area (Å²) < 4.78 is 5.15. The van der Waals surface area contributed by atoms with Crippen LogP contribution in [0.15, 0.2) is 41.8 Å². The van der Waals surface area contributed by atoms with Crippen LogP contribution in [0.25, 0.3) is 0 Å². The first-order chi connectivity index (χ1) is 12.1. The van der Waals surface area contributed by atoms with Crippen LogP contribution in [0.2, 0.25) is 0 Å². The molecule has 0 spiro atoms. The van der Waals surface area contributed by atoms with Gasteiger partial charge < -0.3 is 14.9 Å². The molecule has 0 aliphatic carbocycles. The van der Waals surface area contributed by atoms with Crippen molar-refractivity contribution in [3.8, 4) is 5.75 Å². The molecule has 0 radical (unpaired) electrons. The molecular weight excluding hydrogens is 338 g/mol. The second-order valence-corrected chi connectivity index (χ2v) is 7.38. The largest absolute Gasteiger partial charge is 0.482 e. The number of aliphatic hydroxyl groups excluding tert-OH is 1. The van der Waals surface area contributed by atoms with Gasteiger partial charge in [-0.25, -0.2) is 4.79 Å². The van der Waals surface area contributed by atoms with E-state index in [1.165, 1.54) is 5.56 Å². The second kappa shape index (κ2) is 8.47. The van der Waals surface area contributed by atoms with Crippen molar-refractivity contribution in [3.63, 3.8) is 0 Å². The molecule has 3 rings (SSSR count). The quantitative estimate of drug-likeness (QED) is 0.793. The summed E-state index contributed by atoms with van der Waals surface area (Å²) in [6.07, 6.45) is 1.66. The van der Waals surface area contributed by atoms with Gasteiger partial charge in [-0.3, -0.25) is 4.90 Å². The van der Waals surface area contributed by atoms with Crippen LogP contribution < -0.4 is 4.74 Å². The molecule has 2 N–H and O–H groups in total. The van der Waals surface area contributed by atoms with E-state index in [4.69, 9.17) is 9.84 Å². The van der Waals surface area contributed by atoms with E-state index in [0.717, 1.165) is 37.4 Å². The topological polar surface area (TPSA) is 70.0 Å². The highest BCUT2D eigenvalue weighted by molar-refractivity contribution is 7.10. The summed E-state index contributed by atoms with van der Waals surface area (Å²) in [4.78, 5) is 14.0. The zero-order chi connectivity index (χ0) is 17.6. The molecule has 1 aliphatic heterocycles. The van der Waals surface area contributed by atoms with Crippen molar-refractivity contribution in [1.29, 1.82) is 0 Å². The van der Waals surface area contributed by atoms with Gasteiger partial charge in [-0.1, -0.05) is 18.2 Å². The van der Waals surface area contributed by atoms with E-state index in [2.05, 4.69) is 4.90 Å². The Labute approximate surface area is 151 Å². The van der Waals surface area contributed by atoms with E-state index in [1.54, 1.807) is 11.3 Å². The lowest BCUT2D eigenvalue weighted by molar-refractivity contribution is -0.139. The molecule has 1 unspecified atom stereocenters. The van der Waals surface area contributed by atoms with Crippen LogP contribution in [0.1, 0.15) is 29.4 Å². The summed E-state index contributed by atoms with van der Waals surface area (Å²) in [7, 11) is 0. The minimum absolute atomic E-state index is 0.320. The maximum atomic E-state index is 10.5. The highest BCUT2D eigenvalue weighted by Crippen LogP contribution is 2.33. The molecule has 0 bridgehead atoms. The lowest BCUT2D eigenvalue weighted by Gasteiger charge is -2.34. The third-order valence-corrected chi connectivity index (χ3v) is 5.55. The van der Waals surface area contributed by atoms with Gasteiger partial charge >= 0.3 is 5.97 Å². The van der Waals surface area contributed by atoms with E-state index < -0.39 is 5.97 Å². The van der Waals surface area contributed by atoms with Gasteiger partial charge in [0.1, 0.15) is 5.75 Å². The van der Waals surface area contributed by atoms with Gasteiger partial charge in [0.2, 0.25) is 0 Å². The van der Waals surface area contributed by atoms with Crippen LogP contribution in [0.5, 0.6) is 5.75 Å². The van der Waals surface area contributed by atoms with Crippen LogP contribution in [0.3, 0.4) is 0 Å². The molecule has 5 nitrogen and oxygen atoms in total. The lowest BCUT2D eigenvalue weighted by Crippen LogP contribution is -2.35. The van der Waals surface area contributed by atoms with E-state index in [1.807, 2.05) is 41.8 Å². The van der Waals surface area contributed by atoms with Crippen LogP contribution in [-0.4, -0.2) is 40.8 Å². The number of thiophene rings is 1. The lowest BCUT2D eigenvalue weighted by atomic mass is 9.90. The van der Waals surface area contributed by atoms with Crippen molar-refractivity contribution in [2.45, 2.75) is 25.5 Å². The third kappa shape index (κ3) is 5.04. The normalized spacial score (nSPS) is 17.3. The zero-order valence-electron chi connectivity index (χ0n) is 14.0. The number of carboxylic acid groups (broad SMARTS) is 1. The van der Waals surface area contributed by atoms with E-state index in [-0.39, 0.29) is 12.7 Å². The molecule has 1 fully saturated rings. The number of aliphatic hydroxyl groups is 1. The number of hydrogen-bond donors (Lipinski definition) is 2. The molecule has 134 valence electrons. The Bertz CT molecular complexity index is 663. The van der Waals surface area contributed by atoms with Crippen molar-refractivity contribution in [3.05, 3.63) is 52.2 Å². The maximum Gasteiger partial charge on any atom is 0.341 e. The monoisotopic (exact) mass is 361 g/mol. The van der Waals surface area contributed by atoms with E-state index >= 15 is 0 Å². The second-order valence-electron chi connectivity index (χ2n) is 6.40. The number of nitrogens with zero attached hydrogens (tertiary/aromatic N) is 1. The number of carbonyl (C=O) groups is 1. The summed E-state index contributed by atoms with van der Waals surface area (Å²) >= 11 is 1.62. The Kier molecular flexibility index (Phi) is 6.07. The summed E-state index contributed by atoms with van der Waals surface area (Å²) in [5.74, 6) is -0.0673. The minimum atomic E-state index is -0.975. The number of carboxylic acids is 1. The summed E-state index contributed by atoms with van der Waals surface area (Å²) in [6.45, 7) is 2.50. The molecule has 2 heterocycles. The fourth-order valence-electron chi connectivity index (χ4n) is 3.21. The van der Waals surface area contributed by atoms with Gasteiger partial charge in [0.25, 0.3) is 0 Å². The Morgan fingerprint density at radius 1 is 1.24 bits per heavy atom. The number of hydrogen-bond acceptors (Lipinski definition) is 5. The minimum Gasteiger partial charge on any atom is -0.482 e. The number of ether oxygens (including phenoxy) is 1. The van der Waals surface area contributed by atoms with Crippen LogP contribution >= 0.6 is 11.3 Å². The molecule has 2 aromatic rings. The van der Waals surface area contributed by atoms with Gasteiger partial charge in [-0.05, 0) is 61.0 Å². The molecule has 6 heteroatoms. The van der Waals surface area contributed by atoms with Crippen molar-refractivity contribution in [1.82, 2.24) is 4.90 Å². The SMILES string of the molecule is O=C(O)COc1ccc(CN2CCC(C(O)c3cccs3)CC2)cc1. The van der Waals surface area contributed by atoms with Gasteiger partial charge in [-0.15, -0.1) is 11.3 Å². The van der Waals surface area contributed by atoms with Gasteiger partial charge in [-0.2, -0.15) is 0 Å². The molecule has 1 aromatic carbocycles. The average molecular weight is 361 g/mol. The maximum absolute atomic E-state index is 10.5. The van der Waals surface area contributed by atoms with E-state index in [0.29, 0.717) is 11.7 Å². The number of rotatable bonds is 7. The molecule has 1 atom stereocenters. The predicted octanol–water partition coefficient (Wildman–Crippen LogP) is 3.16. The van der Waals surface area contributed by atoms with Crippen LogP contribution in [0, 0.1) is 5.92 Å². The average Bonchev–Trinajstić information content (AvgIpc) is 3.16. The molecular formula is C19H23NO4S. The first kappa shape index (κ1) is 17.9. The third-order valence-electron chi connectivity index (χ3n) is 4.61. The van der Waals surface area contributed by atoms with Gasteiger partial charge in [0, 0.05) is 11.4 Å². The summed E-state index contributed by atoms with van der Waals surface area (Å²) in [6, 6.07) is 11.6. The van der Waals surface area contributed by atoms with Crippen molar-refractivity contribution in [2.24, 2.45) is 5.92 Å². The number of benzene rings is 1. The van der Waals surface area contributed by atoms with Crippen molar-refractivity contribution in [2.75, 3.05) is 19.7 Å². The number of aliphatic carboxylic acids is 1.